The van der Waals surface area contributed by atoms with Gasteiger partial charge in [0.15, 0.2) is 0 Å². The van der Waals surface area contributed by atoms with Crippen LogP contribution in [0.15, 0.2) is 176 Å². The molecule has 6 aromatic carbocycles. The summed E-state index contributed by atoms with van der Waals surface area (Å²) in [6.45, 7) is 0. The van der Waals surface area contributed by atoms with Gasteiger partial charge in [0.25, 0.3) is 0 Å². The second-order valence-electron chi connectivity index (χ2n) is 12.8. The molecule has 5 heteroatoms. The molecule has 0 amide bonds. The molecule has 248 valence electrons. The van der Waals surface area contributed by atoms with E-state index >= 15 is 0 Å². The number of nitrogens with zero attached hydrogens (tertiary/aromatic N) is 3. The summed E-state index contributed by atoms with van der Waals surface area (Å²) in [5, 5.41) is 2.45. The summed E-state index contributed by atoms with van der Waals surface area (Å²) >= 11 is 0. The molecule has 0 spiro atoms. The summed E-state index contributed by atoms with van der Waals surface area (Å²) in [4.78, 5) is 9.71. The van der Waals surface area contributed by atoms with E-state index < -0.39 is 5.41 Å². The predicted octanol–water partition coefficient (Wildman–Crippen LogP) is 11.0. The van der Waals surface area contributed by atoms with Gasteiger partial charge in [0, 0.05) is 40.4 Å². The van der Waals surface area contributed by atoms with Crippen LogP contribution in [-0.2, 0) is 26.5 Å². The first-order valence-corrected chi connectivity index (χ1v) is 17.1. The molecule has 10 rings (SSSR count). The van der Waals surface area contributed by atoms with Crippen molar-refractivity contribution in [3.8, 4) is 39.6 Å². The van der Waals surface area contributed by atoms with Gasteiger partial charge in [0.2, 0.25) is 0 Å². The van der Waals surface area contributed by atoms with E-state index in [0.717, 1.165) is 39.2 Å². The Hall–Kier alpha value is -6.09. The number of benzene rings is 6. The molecule has 0 saturated carbocycles. The number of aromatic nitrogens is 3. The Balaban J connectivity index is 0.00000360. The average Bonchev–Trinajstić information content (AvgIpc) is 3.70. The van der Waals surface area contributed by atoms with E-state index in [1.165, 1.54) is 33.0 Å². The minimum Gasteiger partial charge on any atom is -0.503 e. The Morgan fingerprint density at radius 2 is 1.13 bits per heavy atom. The topological polar surface area (TPSA) is 39.9 Å². The van der Waals surface area contributed by atoms with Crippen molar-refractivity contribution in [3.05, 3.63) is 211 Å². The van der Waals surface area contributed by atoms with Gasteiger partial charge in [-0.2, -0.15) is 12.1 Å². The number of hydrogen-bond donors (Lipinski definition) is 0. The van der Waals surface area contributed by atoms with Crippen LogP contribution in [-0.4, -0.2) is 14.5 Å². The summed E-state index contributed by atoms with van der Waals surface area (Å²) in [7, 11) is 0. The summed E-state index contributed by atoms with van der Waals surface area (Å²) in [5.41, 5.74) is 11.0. The van der Waals surface area contributed by atoms with Crippen LogP contribution in [0, 0.1) is 12.1 Å². The van der Waals surface area contributed by atoms with Gasteiger partial charge in [-0.1, -0.05) is 103 Å². The number of hydrogen-bond acceptors (Lipinski definition) is 3. The minimum atomic E-state index is -0.656. The quantitative estimate of drug-likeness (QED) is 0.157. The van der Waals surface area contributed by atoms with Crippen molar-refractivity contribution in [1.29, 1.82) is 0 Å². The van der Waals surface area contributed by atoms with E-state index in [-0.39, 0.29) is 21.1 Å². The van der Waals surface area contributed by atoms with E-state index in [1.54, 1.807) is 0 Å². The molecule has 0 radical (unpaired) electrons. The zero-order valence-corrected chi connectivity index (χ0v) is 30.1. The number of para-hydroxylation sites is 2. The van der Waals surface area contributed by atoms with E-state index in [2.05, 4.69) is 144 Å². The van der Waals surface area contributed by atoms with Crippen molar-refractivity contribution in [2.24, 2.45) is 0 Å². The zero-order valence-electron chi connectivity index (χ0n) is 27.8. The van der Waals surface area contributed by atoms with Gasteiger partial charge in [-0.15, -0.1) is 41.5 Å². The van der Waals surface area contributed by atoms with Gasteiger partial charge in [-0.05, 0) is 58.3 Å². The van der Waals surface area contributed by atoms with Crippen LogP contribution in [0.25, 0.3) is 49.9 Å². The van der Waals surface area contributed by atoms with Gasteiger partial charge in [-0.3, -0.25) is 4.98 Å². The van der Waals surface area contributed by atoms with Crippen molar-refractivity contribution >= 4 is 21.8 Å². The summed E-state index contributed by atoms with van der Waals surface area (Å²) < 4.78 is 8.85. The van der Waals surface area contributed by atoms with Crippen LogP contribution in [0.1, 0.15) is 22.4 Å². The number of fused-ring (bicyclic) bond motifs is 6. The van der Waals surface area contributed by atoms with Crippen molar-refractivity contribution in [1.82, 2.24) is 14.5 Å². The maximum Gasteiger partial charge on any atom is 2.00 e. The van der Waals surface area contributed by atoms with E-state index in [0.29, 0.717) is 11.5 Å². The summed E-state index contributed by atoms with van der Waals surface area (Å²) in [5.74, 6) is 1.19. The van der Waals surface area contributed by atoms with E-state index in [9.17, 15) is 0 Å². The molecular formula is C47H29N3OPt. The molecule has 3 aromatic heterocycles. The maximum absolute atomic E-state index is 6.55. The monoisotopic (exact) mass is 846 g/mol. The Bertz CT molecular complexity index is 2650. The Morgan fingerprint density at radius 1 is 0.519 bits per heavy atom. The molecule has 1 aliphatic carbocycles. The summed E-state index contributed by atoms with van der Waals surface area (Å²) in [6.07, 6.45) is 3.73. The van der Waals surface area contributed by atoms with Crippen LogP contribution >= 0.6 is 0 Å². The summed E-state index contributed by atoms with van der Waals surface area (Å²) in [6, 6.07) is 63.8. The number of pyridine rings is 2. The SMILES string of the molecule is [Pt+2].[c-]1c(Oc2[c-]c(C3(c4ccccn4)c4ccccc4-c4ccccc43)ccc2)cccc1-c1cc(-n2c3ccccc3c3ccccc32)ccn1. The van der Waals surface area contributed by atoms with Gasteiger partial charge < -0.3 is 14.3 Å². The molecule has 0 bridgehead atoms. The standard InChI is InChI=1S/C47H29N3O.Pt/c1-5-21-41-37(17-1)38-18-2-6-22-42(38)47(41,46-25-9-10-27-49-46)33-14-12-16-36(30-33)51-35-15-11-13-32(29-35)43-31-34(26-28-48-43)50-44-23-7-3-19-39(44)40-20-4-8-24-45(40)50;/h1-28,31H;/q-2;+2. The van der Waals surface area contributed by atoms with E-state index in [4.69, 9.17) is 14.7 Å². The second kappa shape index (κ2) is 12.9. The molecule has 0 aliphatic heterocycles. The average molecular weight is 847 g/mol. The fourth-order valence-electron chi connectivity index (χ4n) is 7.93. The van der Waals surface area contributed by atoms with Crippen molar-refractivity contribution < 1.29 is 25.8 Å². The molecule has 0 atom stereocenters. The van der Waals surface area contributed by atoms with Crippen LogP contribution in [0.2, 0.25) is 0 Å². The second-order valence-corrected chi connectivity index (χ2v) is 12.8. The zero-order chi connectivity index (χ0) is 33.8. The van der Waals surface area contributed by atoms with Crippen molar-refractivity contribution in [3.63, 3.8) is 0 Å². The van der Waals surface area contributed by atoms with Crippen molar-refractivity contribution in [2.75, 3.05) is 0 Å². The smallest absolute Gasteiger partial charge is 0.503 e. The maximum atomic E-state index is 6.55. The van der Waals surface area contributed by atoms with Crippen LogP contribution in [0.5, 0.6) is 11.5 Å². The molecule has 0 saturated heterocycles. The predicted molar refractivity (Wildman–Crippen MR) is 203 cm³/mol. The normalized spacial score (nSPS) is 12.6. The molecule has 4 nitrogen and oxygen atoms in total. The fourth-order valence-corrected chi connectivity index (χ4v) is 7.93. The molecule has 0 fully saturated rings. The Labute approximate surface area is 316 Å². The van der Waals surface area contributed by atoms with Crippen LogP contribution < -0.4 is 4.74 Å². The van der Waals surface area contributed by atoms with Gasteiger partial charge in [0.1, 0.15) is 0 Å². The third kappa shape index (κ3) is 4.94. The molecule has 3 heterocycles. The minimum absolute atomic E-state index is 0. The third-order valence-corrected chi connectivity index (χ3v) is 10.0. The van der Waals surface area contributed by atoms with E-state index in [1.807, 2.05) is 48.8 Å². The molecular weight excluding hydrogens is 818 g/mol. The van der Waals surface area contributed by atoms with Gasteiger partial charge >= 0.3 is 21.1 Å². The third-order valence-electron chi connectivity index (χ3n) is 10.0. The molecule has 52 heavy (non-hydrogen) atoms. The first kappa shape index (κ1) is 31.9. The molecule has 0 N–H and O–H groups in total. The van der Waals surface area contributed by atoms with Gasteiger partial charge in [-0.25, -0.2) is 0 Å². The van der Waals surface area contributed by atoms with Crippen LogP contribution in [0.3, 0.4) is 0 Å². The Kier molecular flexibility index (Phi) is 7.91. The molecule has 0 unspecified atom stereocenters. The number of rotatable bonds is 6. The van der Waals surface area contributed by atoms with Gasteiger partial charge in [0.05, 0.1) is 22.1 Å². The molecule has 9 aromatic rings. The first-order valence-electron chi connectivity index (χ1n) is 17.1. The molecule has 1 aliphatic rings. The fraction of sp³-hybridized carbons (Fsp3) is 0.0213. The number of ether oxygens (including phenoxy) is 1. The Morgan fingerprint density at radius 3 is 1.83 bits per heavy atom. The van der Waals surface area contributed by atoms with Crippen molar-refractivity contribution in [2.45, 2.75) is 5.41 Å². The largest absolute Gasteiger partial charge is 2.00 e. The van der Waals surface area contributed by atoms with Crippen LogP contribution in [0.4, 0.5) is 0 Å². The first-order chi connectivity index (χ1) is 25.3.